The minimum absolute atomic E-state index is 0.00389. The summed E-state index contributed by atoms with van der Waals surface area (Å²) in [4.78, 5) is 17.5. The quantitative estimate of drug-likeness (QED) is 0.531. The average Bonchev–Trinajstić information content (AvgIpc) is 3.54. The number of anilines is 2. The van der Waals surface area contributed by atoms with Crippen molar-refractivity contribution in [1.29, 1.82) is 0 Å². The Hall–Kier alpha value is -3.19. The molecule has 33 heavy (non-hydrogen) atoms. The van der Waals surface area contributed by atoms with Crippen LogP contribution in [0.25, 0.3) is 11.5 Å². The molecule has 1 aliphatic heterocycles. The van der Waals surface area contributed by atoms with Crippen molar-refractivity contribution in [2.45, 2.75) is 32.1 Å². The second-order valence-corrected chi connectivity index (χ2v) is 9.05. The van der Waals surface area contributed by atoms with E-state index in [-0.39, 0.29) is 5.91 Å². The number of benzene rings is 2. The normalized spacial score (nSPS) is 16.7. The van der Waals surface area contributed by atoms with Crippen molar-refractivity contribution in [3.05, 3.63) is 60.5 Å². The van der Waals surface area contributed by atoms with Gasteiger partial charge in [-0.15, -0.1) is 10.2 Å². The summed E-state index contributed by atoms with van der Waals surface area (Å²) in [6.45, 7) is 5.59. The molecule has 1 N–H and O–H groups in total. The zero-order valence-corrected chi connectivity index (χ0v) is 18.9. The van der Waals surface area contributed by atoms with Crippen molar-refractivity contribution in [2.24, 2.45) is 5.92 Å². The molecule has 5 rings (SSSR count). The zero-order valence-electron chi connectivity index (χ0n) is 18.9. The minimum Gasteiger partial charge on any atom is -0.421 e. The van der Waals surface area contributed by atoms with Crippen LogP contribution in [0, 0.1) is 5.92 Å². The van der Waals surface area contributed by atoms with Crippen LogP contribution in [0.5, 0.6) is 0 Å². The number of carbonyl (C=O) groups excluding carboxylic acids is 1. The van der Waals surface area contributed by atoms with Gasteiger partial charge >= 0.3 is 0 Å². The highest BCUT2D eigenvalue weighted by atomic mass is 16.4. The maximum absolute atomic E-state index is 12.5. The van der Waals surface area contributed by atoms with Gasteiger partial charge in [-0.1, -0.05) is 24.3 Å². The van der Waals surface area contributed by atoms with Crippen LogP contribution in [0.15, 0.2) is 59.0 Å². The van der Waals surface area contributed by atoms with Gasteiger partial charge < -0.3 is 14.6 Å². The minimum atomic E-state index is 0.00389. The predicted octanol–water partition coefficient (Wildman–Crippen LogP) is 4.23. The molecule has 1 aliphatic carbocycles. The van der Waals surface area contributed by atoms with E-state index in [1.165, 1.54) is 25.1 Å². The molecule has 0 unspecified atom stereocenters. The Balaban J connectivity index is 1.07. The lowest BCUT2D eigenvalue weighted by molar-refractivity contribution is -0.116. The third-order valence-electron chi connectivity index (χ3n) is 6.36. The van der Waals surface area contributed by atoms with Crippen LogP contribution < -0.4 is 10.2 Å². The number of hydrogen-bond donors (Lipinski definition) is 1. The predicted molar refractivity (Wildman–Crippen MR) is 129 cm³/mol. The van der Waals surface area contributed by atoms with Crippen LogP contribution in [0.4, 0.5) is 11.4 Å². The lowest BCUT2D eigenvalue weighted by Gasteiger charge is -2.36. The number of aromatic nitrogens is 2. The Labute approximate surface area is 194 Å². The van der Waals surface area contributed by atoms with Gasteiger partial charge in [-0.05, 0) is 55.5 Å². The van der Waals surface area contributed by atoms with E-state index in [4.69, 9.17) is 4.42 Å². The number of amides is 1. The van der Waals surface area contributed by atoms with Crippen molar-refractivity contribution >= 4 is 17.3 Å². The largest absolute Gasteiger partial charge is 0.421 e. The van der Waals surface area contributed by atoms with Crippen LogP contribution in [-0.2, 0) is 11.2 Å². The molecule has 2 aromatic carbocycles. The van der Waals surface area contributed by atoms with Gasteiger partial charge in [0, 0.05) is 62.5 Å². The summed E-state index contributed by atoms with van der Waals surface area (Å²) < 4.78 is 5.72. The molecule has 2 heterocycles. The van der Waals surface area contributed by atoms with Crippen LogP contribution >= 0.6 is 0 Å². The SMILES string of the molecule is O=C(CCCc1nnc(-c2ccccc2)o1)Nc1cccc(N2CCN(CC3CC3)CC2)c1. The molecule has 2 fully saturated rings. The smallest absolute Gasteiger partial charge is 0.247 e. The zero-order chi connectivity index (χ0) is 22.5. The molecule has 7 heteroatoms. The van der Waals surface area contributed by atoms with Crippen molar-refractivity contribution in [3.8, 4) is 11.5 Å². The van der Waals surface area contributed by atoms with E-state index in [2.05, 4.69) is 37.4 Å². The first-order valence-electron chi connectivity index (χ1n) is 12.0. The van der Waals surface area contributed by atoms with E-state index in [1.807, 2.05) is 42.5 Å². The first kappa shape index (κ1) is 21.6. The molecule has 1 saturated carbocycles. The standard InChI is InChI=1S/C26H31N5O2/c32-24(10-5-11-25-28-29-26(33-25)21-6-2-1-3-7-21)27-22-8-4-9-23(18-22)31-16-14-30(15-17-31)19-20-12-13-20/h1-4,6-9,18,20H,5,10-17,19H2,(H,27,32). The van der Waals surface area contributed by atoms with Gasteiger partial charge in [0.05, 0.1) is 0 Å². The highest BCUT2D eigenvalue weighted by Gasteiger charge is 2.26. The van der Waals surface area contributed by atoms with E-state index >= 15 is 0 Å². The molecule has 1 aromatic heterocycles. The van der Waals surface area contributed by atoms with Crippen LogP contribution in [-0.4, -0.2) is 53.7 Å². The molecule has 1 amide bonds. The van der Waals surface area contributed by atoms with Crippen LogP contribution in [0.1, 0.15) is 31.6 Å². The van der Waals surface area contributed by atoms with Gasteiger partial charge in [0.1, 0.15) is 0 Å². The third-order valence-corrected chi connectivity index (χ3v) is 6.36. The molecule has 0 bridgehead atoms. The Morgan fingerprint density at radius 1 is 1.00 bits per heavy atom. The summed E-state index contributed by atoms with van der Waals surface area (Å²) in [7, 11) is 0. The Morgan fingerprint density at radius 2 is 1.82 bits per heavy atom. The van der Waals surface area contributed by atoms with E-state index in [0.29, 0.717) is 31.0 Å². The summed E-state index contributed by atoms with van der Waals surface area (Å²) in [6.07, 6.45) is 4.47. The van der Waals surface area contributed by atoms with Crippen LogP contribution in [0.3, 0.4) is 0 Å². The van der Waals surface area contributed by atoms with Gasteiger partial charge in [0.25, 0.3) is 0 Å². The molecule has 1 saturated heterocycles. The number of nitrogens with one attached hydrogen (secondary N) is 1. The van der Waals surface area contributed by atoms with E-state index in [1.54, 1.807) is 0 Å². The van der Waals surface area contributed by atoms with E-state index in [9.17, 15) is 4.79 Å². The average molecular weight is 446 g/mol. The fraction of sp³-hybridized carbons (Fsp3) is 0.423. The number of aryl methyl sites for hydroxylation is 1. The molecule has 7 nitrogen and oxygen atoms in total. The van der Waals surface area contributed by atoms with E-state index in [0.717, 1.165) is 43.3 Å². The third kappa shape index (κ3) is 5.99. The van der Waals surface area contributed by atoms with Crippen molar-refractivity contribution < 1.29 is 9.21 Å². The van der Waals surface area contributed by atoms with E-state index < -0.39 is 0 Å². The topological polar surface area (TPSA) is 74.5 Å². The maximum Gasteiger partial charge on any atom is 0.247 e. The molecule has 0 atom stereocenters. The lowest BCUT2D eigenvalue weighted by atomic mass is 10.2. The van der Waals surface area contributed by atoms with Gasteiger partial charge in [-0.3, -0.25) is 9.69 Å². The molecule has 2 aliphatic rings. The molecular formula is C26H31N5O2. The first-order valence-corrected chi connectivity index (χ1v) is 12.0. The number of carbonyl (C=O) groups is 1. The second kappa shape index (κ2) is 10.2. The van der Waals surface area contributed by atoms with Gasteiger partial charge in [-0.25, -0.2) is 0 Å². The molecule has 3 aromatic rings. The molecule has 0 radical (unpaired) electrons. The molecular weight excluding hydrogens is 414 g/mol. The van der Waals surface area contributed by atoms with Gasteiger partial charge in [0.15, 0.2) is 0 Å². The second-order valence-electron chi connectivity index (χ2n) is 9.05. The van der Waals surface area contributed by atoms with Crippen molar-refractivity contribution in [1.82, 2.24) is 15.1 Å². The maximum atomic E-state index is 12.5. The Kier molecular flexibility index (Phi) is 6.67. The van der Waals surface area contributed by atoms with Gasteiger partial charge in [0.2, 0.25) is 17.7 Å². The van der Waals surface area contributed by atoms with Gasteiger partial charge in [-0.2, -0.15) is 0 Å². The number of nitrogens with zero attached hydrogens (tertiary/aromatic N) is 4. The summed E-state index contributed by atoms with van der Waals surface area (Å²) in [5.74, 6) is 2.02. The van der Waals surface area contributed by atoms with Crippen LogP contribution in [0.2, 0.25) is 0 Å². The molecule has 172 valence electrons. The first-order chi connectivity index (χ1) is 16.2. The Bertz CT molecular complexity index is 1060. The Morgan fingerprint density at radius 3 is 2.61 bits per heavy atom. The fourth-order valence-electron chi connectivity index (χ4n) is 4.31. The summed E-state index contributed by atoms with van der Waals surface area (Å²) in [6, 6.07) is 17.9. The number of hydrogen-bond acceptors (Lipinski definition) is 6. The summed E-state index contributed by atoms with van der Waals surface area (Å²) in [5.41, 5.74) is 2.93. The number of piperazine rings is 1. The highest BCUT2D eigenvalue weighted by molar-refractivity contribution is 5.91. The van der Waals surface area contributed by atoms with Crippen molar-refractivity contribution in [3.63, 3.8) is 0 Å². The molecule has 0 spiro atoms. The monoisotopic (exact) mass is 445 g/mol. The summed E-state index contributed by atoms with van der Waals surface area (Å²) in [5, 5.41) is 11.2. The van der Waals surface area contributed by atoms with Crippen molar-refractivity contribution in [2.75, 3.05) is 42.9 Å². The highest BCUT2D eigenvalue weighted by Crippen LogP contribution is 2.30. The number of rotatable bonds is 9. The fourth-order valence-corrected chi connectivity index (χ4v) is 4.31. The lowest BCUT2D eigenvalue weighted by Crippen LogP contribution is -2.47. The summed E-state index contributed by atoms with van der Waals surface area (Å²) >= 11 is 0.